The van der Waals surface area contributed by atoms with Crippen LogP contribution in [0.3, 0.4) is 0 Å². The molecule has 2 unspecified atom stereocenters. The second kappa shape index (κ2) is 11.3. The molecule has 10 heteroatoms. The molecule has 1 aliphatic carbocycles. The van der Waals surface area contributed by atoms with E-state index in [-0.39, 0.29) is 19.0 Å². The fourth-order valence-corrected chi connectivity index (χ4v) is 3.47. The van der Waals surface area contributed by atoms with Crippen LogP contribution in [-0.2, 0) is 19.2 Å². The zero-order chi connectivity index (χ0) is 20.4. The molecule has 2 atom stereocenters. The molecule has 1 saturated carbocycles. The van der Waals surface area contributed by atoms with E-state index < -0.39 is 49.6 Å². The lowest BCUT2D eigenvalue weighted by Gasteiger charge is -2.43. The van der Waals surface area contributed by atoms with Crippen molar-refractivity contribution in [2.24, 2.45) is 0 Å². The SMILES string of the molecule is C=CCNC(=O)CN(CC(=O)O)C1CCCCC1N(CC(=O)O)CC(=O)O. The van der Waals surface area contributed by atoms with Gasteiger partial charge in [-0.1, -0.05) is 18.9 Å². The average Bonchev–Trinajstić information content (AvgIpc) is 2.57. The number of nitrogens with zero attached hydrogens (tertiary/aromatic N) is 2. The lowest BCUT2D eigenvalue weighted by molar-refractivity contribution is -0.147. The van der Waals surface area contributed by atoms with Gasteiger partial charge in [0.15, 0.2) is 0 Å². The van der Waals surface area contributed by atoms with Crippen LogP contribution in [0.25, 0.3) is 0 Å². The van der Waals surface area contributed by atoms with Gasteiger partial charge < -0.3 is 20.6 Å². The first-order valence-electron chi connectivity index (χ1n) is 8.75. The Kier molecular flexibility index (Phi) is 9.45. The van der Waals surface area contributed by atoms with Gasteiger partial charge in [0, 0.05) is 18.6 Å². The first kappa shape index (κ1) is 22.6. The van der Waals surface area contributed by atoms with Gasteiger partial charge in [-0.2, -0.15) is 0 Å². The van der Waals surface area contributed by atoms with Crippen molar-refractivity contribution in [2.45, 2.75) is 37.8 Å². The van der Waals surface area contributed by atoms with Crippen LogP contribution in [0.4, 0.5) is 0 Å². The largest absolute Gasteiger partial charge is 0.480 e. The Morgan fingerprint density at radius 1 is 0.852 bits per heavy atom. The van der Waals surface area contributed by atoms with Gasteiger partial charge in [0.05, 0.1) is 26.2 Å². The summed E-state index contributed by atoms with van der Waals surface area (Å²) in [6.45, 7) is 2.26. The smallest absolute Gasteiger partial charge is 0.317 e. The maximum Gasteiger partial charge on any atom is 0.317 e. The van der Waals surface area contributed by atoms with E-state index in [0.29, 0.717) is 12.8 Å². The molecule has 1 amide bonds. The van der Waals surface area contributed by atoms with Gasteiger partial charge in [-0.3, -0.25) is 29.0 Å². The number of nitrogens with one attached hydrogen (secondary N) is 1. The molecule has 1 rings (SSSR count). The number of carboxylic acids is 3. The van der Waals surface area contributed by atoms with Crippen LogP contribution in [0.1, 0.15) is 25.7 Å². The molecule has 27 heavy (non-hydrogen) atoms. The van der Waals surface area contributed by atoms with Gasteiger partial charge in [-0.05, 0) is 12.8 Å². The van der Waals surface area contributed by atoms with Gasteiger partial charge in [0.2, 0.25) is 5.91 Å². The first-order chi connectivity index (χ1) is 12.7. The highest BCUT2D eigenvalue weighted by molar-refractivity contribution is 5.79. The van der Waals surface area contributed by atoms with Crippen molar-refractivity contribution in [1.82, 2.24) is 15.1 Å². The average molecular weight is 385 g/mol. The molecule has 0 bridgehead atoms. The van der Waals surface area contributed by atoms with Crippen molar-refractivity contribution in [1.29, 1.82) is 0 Å². The number of aliphatic carboxylic acids is 3. The lowest BCUT2D eigenvalue weighted by Crippen LogP contribution is -2.58. The van der Waals surface area contributed by atoms with E-state index in [1.165, 1.54) is 15.9 Å². The second-order valence-corrected chi connectivity index (χ2v) is 6.50. The molecule has 0 radical (unpaired) electrons. The van der Waals surface area contributed by atoms with Crippen molar-refractivity contribution in [2.75, 3.05) is 32.7 Å². The number of carbonyl (C=O) groups excluding carboxylic acids is 1. The fraction of sp³-hybridized carbons (Fsp3) is 0.647. The molecule has 0 saturated heterocycles. The van der Waals surface area contributed by atoms with Crippen LogP contribution in [0.2, 0.25) is 0 Å². The van der Waals surface area contributed by atoms with Gasteiger partial charge in [-0.15, -0.1) is 6.58 Å². The van der Waals surface area contributed by atoms with Crippen molar-refractivity contribution in [3.05, 3.63) is 12.7 Å². The van der Waals surface area contributed by atoms with E-state index in [4.69, 9.17) is 10.2 Å². The molecule has 1 fully saturated rings. The van der Waals surface area contributed by atoms with Gasteiger partial charge in [0.1, 0.15) is 0 Å². The highest BCUT2D eigenvalue weighted by Gasteiger charge is 2.37. The third kappa shape index (κ3) is 8.18. The summed E-state index contributed by atoms with van der Waals surface area (Å²) < 4.78 is 0. The lowest BCUT2D eigenvalue weighted by atomic mass is 9.87. The summed E-state index contributed by atoms with van der Waals surface area (Å²) in [5.74, 6) is -3.80. The molecule has 0 aromatic carbocycles. The van der Waals surface area contributed by atoms with Gasteiger partial charge in [-0.25, -0.2) is 0 Å². The minimum atomic E-state index is -1.16. The fourth-order valence-electron chi connectivity index (χ4n) is 3.47. The van der Waals surface area contributed by atoms with Crippen LogP contribution >= 0.6 is 0 Å². The van der Waals surface area contributed by atoms with E-state index in [1.807, 2.05) is 0 Å². The summed E-state index contributed by atoms with van der Waals surface area (Å²) in [5, 5.41) is 30.1. The van der Waals surface area contributed by atoms with Crippen LogP contribution < -0.4 is 5.32 Å². The molecular weight excluding hydrogens is 358 g/mol. The molecule has 0 aromatic heterocycles. The molecule has 0 spiro atoms. The van der Waals surface area contributed by atoms with Crippen molar-refractivity contribution in [3.8, 4) is 0 Å². The van der Waals surface area contributed by atoms with Crippen molar-refractivity contribution >= 4 is 23.8 Å². The van der Waals surface area contributed by atoms with E-state index in [0.717, 1.165) is 12.8 Å². The monoisotopic (exact) mass is 385 g/mol. The number of amides is 1. The van der Waals surface area contributed by atoms with Crippen molar-refractivity contribution in [3.63, 3.8) is 0 Å². The molecule has 0 aromatic rings. The highest BCUT2D eigenvalue weighted by Crippen LogP contribution is 2.27. The summed E-state index contributed by atoms with van der Waals surface area (Å²) in [5.41, 5.74) is 0. The highest BCUT2D eigenvalue weighted by atomic mass is 16.4. The maximum absolute atomic E-state index is 12.1. The quantitative estimate of drug-likeness (QED) is 0.325. The molecule has 1 aliphatic rings. The van der Waals surface area contributed by atoms with Crippen LogP contribution in [-0.4, -0.2) is 93.7 Å². The minimum Gasteiger partial charge on any atom is -0.480 e. The Morgan fingerprint density at radius 3 is 1.63 bits per heavy atom. The Bertz CT molecular complexity index is 551. The Morgan fingerprint density at radius 2 is 1.26 bits per heavy atom. The van der Waals surface area contributed by atoms with E-state index in [9.17, 15) is 24.3 Å². The number of carbonyl (C=O) groups is 4. The van der Waals surface area contributed by atoms with Gasteiger partial charge in [0.25, 0.3) is 0 Å². The number of carboxylic acid groups (broad SMARTS) is 3. The van der Waals surface area contributed by atoms with Gasteiger partial charge >= 0.3 is 17.9 Å². The summed E-state index contributed by atoms with van der Waals surface area (Å²) in [6, 6.07) is -0.888. The predicted molar refractivity (Wildman–Crippen MR) is 95.3 cm³/mol. The zero-order valence-corrected chi connectivity index (χ0v) is 15.2. The summed E-state index contributed by atoms with van der Waals surface area (Å²) in [4.78, 5) is 48.5. The standard InChI is InChI=1S/C17H27N3O7/c1-2-7-18-14(21)8-19(9-15(22)23)12-5-3-4-6-13(12)20(10-16(24)25)11-17(26)27/h2,12-13H,1,3-11H2,(H,18,21)(H,22,23)(H,24,25)(H,26,27). The molecule has 0 heterocycles. The number of hydrogen-bond acceptors (Lipinski definition) is 6. The molecular formula is C17H27N3O7. The molecule has 0 aliphatic heterocycles. The zero-order valence-electron chi connectivity index (χ0n) is 15.2. The summed E-state index contributed by atoms with van der Waals surface area (Å²) in [6.07, 6.45) is 4.17. The molecule has 152 valence electrons. The summed E-state index contributed by atoms with van der Waals surface area (Å²) >= 11 is 0. The number of rotatable bonds is 12. The third-order valence-electron chi connectivity index (χ3n) is 4.44. The van der Waals surface area contributed by atoms with Crippen LogP contribution in [0.5, 0.6) is 0 Å². The van der Waals surface area contributed by atoms with E-state index in [1.54, 1.807) is 0 Å². The topological polar surface area (TPSA) is 147 Å². The third-order valence-corrected chi connectivity index (χ3v) is 4.44. The molecule has 10 nitrogen and oxygen atoms in total. The molecule has 4 N–H and O–H groups in total. The Balaban J connectivity index is 3.03. The van der Waals surface area contributed by atoms with Crippen LogP contribution in [0.15, 0.2) is 12.7 Å². The maximum atomic E-state index is 12.1. The van der Waals surface area contributed by atoms with E-state index >= 15 is 0 Å². The Hall–Kier alpha value is -2.46. The summed E-state index contributed by atoms with van der Waals surface area (Å²) in [7, 11) is 0. The number of hydrogen-bond donors (Lipinski definition) is 4. The second-order valence-electron chi connectivity index (χ2n) is 6.50. The van der Waals surface area contributed by atoms with E-state index in [2.05, 4.69) is 11.9 Å². The van der Waals surface area contributed by atoms with Crippen molar-refractivity contribution < 1.29 is 34.5 Å². The predicted octanol–water partition coefficient (Wildman–Crippen LogP) is -0.542. The minimum absolute atomic E-state index is 0.171. The first-order valence-corrected chi connectivity index (χ1v) is 8.75. The van der Waals surface area contributed by atoms with Crippen LogP contribution in [0, 0.1) is 0 Å². The normalized spacial score (nSPS) is 19.6. The Labute approximate surface area is 157 Å².